The molecule has 0 saturated heterocycles. The number of benzene rings is 2. The molecule has 0 radical (unpaired) electrons. The molecule has 0 unspecified atom stereocenters. The molecule has 0 heterocycles. The van der Waals surface area contributed by atoms with E-state index >= 15 is 0 Å². The highest BCUT2D eigenvalue weighted by Gasteiger charge is 2.32. The van der Waals surface area contributed by atoms with E-state index in [0.29, 0.717) is 24.8 Å². The number of halogens is 4. The van der Waals surface area contributed by atoms with Crippen molar-refractivity contribution in [3.63, 3.8) is 0 Å². The zero-order valence-electron chi connectivity index (χ0n) is 18.4. The highest BCUT2D eigenvalue weighted by Crippen LogP contribution is 2.31. The first-order chi connectivity index (χ1) is 15.3. The number of hydrogen-bond acceptors (Lipinski definition) is 5. The second-order valence-corrected chi connectivity index (χ2v) is 9.76. The summed E-state index contributed by atoms with van der Waals surface area (Å²) >= 11 is 5.92. The SMILES string of the molecule is COCCN(Cc1ccc(OS(=O)(=O)c2cccc(C(F)(F)F)c2)cc1)C(=O)C(C)(C)CCl. The van der Waals surface area contributed by atoms with Crippen molar-refractivity contribution in [1.29, 1.82) is 0 Å². The first-order valence-electron chi connectivity index (χ1n) is 9.85. The Balaban J connectivity index is 2.18. The Bertz CT molecular complexity index is 1060. The van der Waals surface area contributed by atoms with E-state index in [1.165, 1.54) is 19.2 Å². The highest BCUT2D eigenvalue weighted by atomic mass is 35.5. The van der Waals surface area contributed by atoms with Gasteiger partial charge in [0.1, 0.15) is 10.6 Å². The van der Waals surface area contributed by atoms with Gasteiger partial charge in [-0.25, -0.2) is 0 Å². The van der Waals surface area contributed by atoms with E-state index in [0.717, 1.165) is 18.2 Å². The number of ether oxygens (including phenoxy) is 1. The molecule has 0 atom stereocenters. The van der Waals surface area contributed by atoms with Crippen LogP contribution in [0.3, 0.4) is 0 Å². The number of hydrogen-bond donors (Lipinski definition) is 0. The van der Waals surface area contributed by atoms with Crippen LogP contribution in [-0.2, 0) is 32.4 Å². The predicted octanol–water partition coefficient (Wildman–Crippen LogP) is 4.71. The minimum Gasteiger partial charge on any atom is -0.383 e. The van der Waals surface area contributed by atoms with Gasteiger partial charge in [-0.1, -0.05) is 18.2 Å². The van der Waals surface area contributed by atoms with Gasteiger partial charge in [-0.3, -0.25) is 4.79 Å². The van der Waals surface area contributed by atoms with Gasteiger partial charge < -0.3 is 13.8 Å². The molecule has 0 aliphatic carbocycles. The Hall–Kier alpha value is -2.30. The van der Waals surface area contributed by atoms with E-state index in [1.54, 1.807) is 30.9 Å². The fourth-order valence-electron chi connectivity index (χ4n) is 2.81. The summed E-state index contributed by atoms with van der Waals surface area (Å²) in [5, 5.41) is 0. The summed E-state index contributed by atoms with van der Waals surface area (Å²) in [5.74, 6) is -0.107. The molecule has 2 aromatic rings. The monoisotopic (exact) mass is 507 g/mol. The van der Waals surface area contributed by atoms with Crippen molar-refractivity contribution in [2.75, 3.05) is 26.1 Å². The molecule has 0 aliphatic heterocycles. The molecular formula is C22H25ClF3NO5S. The van der Waals surface area contributed by atoms with Crippen molar-refractivity contribution in [3.8, 4) is 5.75 Å². The maximum atomic E-state index is 12.9. The minimum atomic E-state index is -4.68. The summed E-state index contributed by atoms with van der Waals surface area (Å²) in [6, 6.07) is 9.18. The van der Waals surface area contributed by atoms with Crippen molar-refractivity contribution in [1.82, 2.24) is 4.90 Å². The summed E-state index contributed by atoms with van der Waals surface area (Å²) in [7, 11) is -2.96. The van der Waals surface area contributed by atoms with Crippen LogP contribution in [0.2, 0.25) is 0 Å². The highest BCUT2D eigenvalue weighted by molar-refractivity contribution is 7.87. The van der Waals surface area contributed by atoms with E-state index in [-0.39, 0.29) is 24.1 Å². The van der Waals surface area contributed by atoms with Gasteiger partial charge >= 0.3 is 16.3 Å². The Labute approximate surface area is 196 Å². The number of methoxy groups -OCH3 is 1. The second-order valence-electron chi connectivity index (χ2n) is 7.94. The molecule has 11 heteroatoms. The predicted molar refractivity (Wildman–Crippen MR) is 117 cm³/mol. The Morgan fingerprint density at radius 3 is 2.27 bits per heavy atom. The summed E-state index contributed by atoms with van der Waals surface area (Å²) in [6.07, 6.45) is -4.68. The zero-order chi connectivity index (χ0) is 24.9. The topological polar surface area (TPSA) is 72.9 Å². The Morgan fingerprint density at radius 1 is 1.09 bits per heavy atom. The first-order valence-corrected chi connectivity index (χ1v) is 11.8. The van der Waals surface area contributed by atoms with Gasteiger partial charge in [-0.2, -0.15) is 21.6 Å². The van der Waals surface area contributed by atoms with Crippen molar-refractivity contribution >= 4 is 27.6 Å². The van der Waals surface area contributed by atoms with Gasteiger partial charge in [0, 0.05) is 26.1 Å². The standard InChI is InChI=1S/C22H25ClF3NO5S/c1-21(2,15-23)20(28)27(11-12-31-3)14-16-7-9-18(10-8-16)32-33(29,30)19-6-4-5-17(13-19)22(24,25)26/h4-10,13H,11-12,14-15H2,1-3H3. The quantitative estimate of drug-likeness (QED) is 0.344. The Kier molecular flexibility index (Phi) is 8.78. The molecule has 0 aliphatic rings. The lowest BCUT2D eigenvalue weighted by Gasteiger charge is -2.30. The summed E-state index contributed by atoms with van der Waals surface area (Å²) < 4.78 is 73.6. The van der Waals surface area contributed by atoms with E-state index in [1.807, 2.05) is 0 Å². The summed E-state index contributed by atoms with van der Waals surface area (Å²) in [4.78, 5) is 13.8. The number of alkyl halides is 4. The molecule has 0 bridgehead atoms. The molecule has 2 aromatic carbocycles. The number of amides is 1. The lowest BCUT2D eigenvalue weighted by Crippen LogP contribution is -2.43. The molecule has 33 heavy (non-hydrogen) atoms. The molecule has 0 aromatic heterocycles. The van der Waals surface area contributed by atoms with Crippen LogP contribution >= 0.6 is 11.6 Å². The van der Waals surface area contributed by atoms with Crippen molar-refractivity contribution in [3.05, 3.63) is 59.7 Å². The fourth-order valence-corrected chi connectivity index (χ4v) is 3.90. The molecule has 1 amide bonds. The lowest BCUT2D eigenvalue weighted by molar-refractivity contribution is -0.140. The van der Waals surface area contributed by atoms with Gasteiger partial charge in [-0.15, -0.1) is 11.6 Å². The normalized spacial score (nSPS) is 12.5. The van der Waals surface area contributed by atoms with E-state index in [9.17, 15) is 26.4 Å². The van der Waals surface area contributed by atoms with Crippen LogP contribution in [0, 0.1) is 5.41 Å². The van der Waals surface area contributed by atoms with Crippen LogP contribution in [0.4, 0.5) is 13.2 Å². The molecule has 0 fully saturated rings. The van der Waals surface area contributed by atoms with Crippen LogP contribution in [0.5, 0.6) is 5.75 Å². The third-order valence-electron chi connectivity index (χ3n) is 4.72. The third kappa shape index (κ3) is 7.35. The summed E-state index contributed by atoms with van der Waals surface area (Å²) in [5.41, 5.74) is -1.19. The smallest absolute Gasteiger partial charge is 0.383 e. The molecule has 2 rings (SSSR count). The van der Waals surface area contributed by atoms with Crippen molar-refractivity contribution < 1.29 is 35.3 Å². The van der Waals surface area contributed by atoms with E-state index in [4.69, 9.17) is 20.5 Å². The third-order valence-corrected chi connectivity index (χ3v) is 6.63. The number of carbonyl (C=O) groups excluding carboxylic acids is 1. The number of carbonyl (C=O) groups is 1. The van der Waals surface area contributed by atoms with Crippen LogP contribution in [0.25, 0.3) is 0 Å². The fraction of sp³-hybridized carbons (Fsp3) is 0.409. The van der Waals surface area contributed by atoms with Gasteiger partial charge in [0.25, 0.3) is 0 Å². The van der Waals surface area contributed by atoms with E-state index in [2.05, 4.69) is 0 Å². The molecular weight excluding hydrogens is 483 g/mol. The zero-order valence-corrected chi connectivity index (χ0v) is 19.9. The molecule has 0 N–H and O–H groups in total. The van der Waals surface area contributed by atoms with Crippen LogP contribution in [0.15, 0.2) is 53.4 Å². The molecule has 0 spiro atoms. The average Bonchev–Trinajstić information content (AvgIpc) is 2.76. The largest absolute Gasteiger partial charge is 0.416 e. The van der Waals surface area contributed by atoms with Gasteiger partial charge in [0.15, 0.2) is 0 Å². The van der Waals surface area contributed by atoms with Crippen LogP contribution in [-0.4, -0.2) is 45.4 Å². The van der Waals surface area contributed by atoms with Gasteiger partial charge in [0.2, 0.25) is 5.91 Å². The molecule has 0 saturated carbocycles. The summed E-state index contributed by atoms with van der Waals surface area (Å²) in [6.45, 7) is 4.34. The number of nitrogens with zero attached hydrogens (tertiary/aromatic N) is 1. The first kappa shape index (κ1) is 26.9. The minimum absolute atomic E-state index is 0.0768. The molecule has 182 valence electrons. The maximum absolute atomic E-state index is 12.9. The van der Waals surface area contributed by atoms with Crippen LogP contribution < -0.4 is 4.18 Å². The van der Waals surface area contributed by atoms with Crippen LogP contribution in [0.1, 0.15) is 25.0 Å². The Morgan fingerprint density at radius 2 is 1.73 bits per heavy atom. The van der Waals surface area contributed by atoms with E-state index < -0.39 is 32.2 Å². The molecule has 6 nitrogen and oxygen atoms in total. The lowest BCUT2D eigenvalue weighted by atomic mass is 9.94. The maximum Gasteiger partial charge on any atom is 0.416 e. The average molecular weight is 508 g/mol. The second kappa shape index (κ2) is 10.8. The van der Waals surface area contributed by atoms with Gasteiger partial charge in [-0.05, 0) is 49.7 Å². The van der Waals surface area contributed by atoms with Crippen molar-refractivity contribution in [2.24, 2.45) is 5.41 Å². The van der Waals surface area contributed by atoms with Crippen molar-refractivity contribution in [2.45, 2.75) is 31.5 Å². The van der Waals surface area contributed by atoms with Gasteiger partial charge in [0.05, 0.1) is 17.6 Å². The number of rotatable bonds is 10.